The Kier molecular flexibility index (Phi) is 4.68. The molecule has 0 aliphatic heterocycles. The summed E-state index contributed by atoms with van der Waals surface area (Å²) in [5.74, 6) is 0.524. The second kappa shape index (κ2) is 6.89. The number of anilines is 3. The van der Waals surface area contributed by atoms with Crippen molar-refractivity contribution in [3.05, 3.63) is 89.5 Å². The maximum Gasteiger partial charge on any atom is 0.0477 e. The monoisotopic (exact) mass is 321 g/mol. The topological polar surface area (TPSA) is 3.24 Å². The molecule has 116 valence electrons. The van der Waals surface area contributed by atoms with E-state index in [4.69, 9.17) is 11.6 Å². The summed E-state index contributed by atoms with van der Waals surface area (Å²) in [5.41, 5.74) is 7.05. The predicted octanol–water partition coefficient (Wildman–Crippen LogP) is 6.51. The van der Waals surface area contributed by atoms with E-state index in [-0.39, 0.29) is 0 Å². The zero-order chi connectivity index (χ0) is 16.2. The van der Waals surface area contributed by atoms with Crippen LogP contribution in [0.15, 0.2) is 72.8 Å². The molecule has 0 heterocycles. The molecule has 0 N–H and O–H groups in total. The van der Waals surface area contributed by atoms with Gasteiger partial charge in [-0.15, -0.1) is 11.6 Å². The van der Waals surface area contributed by atoms with Gasteiger partial charge in [0.1, 0.15) is 0 Å². The molecule has 0 saturated carbocycles. The standard InChI is InChI=1S/C21H20ClN/c1-16-8-11-20(12-9-16)23(19-6-4-3-5-7-19)21-13-10-17(2)18(14-21)15-22/h3-14H,15H2,1-2H3. The number of benzene rings is 3. The van der Waals surface area contributed by atoms with Crippen LogP contribution in [0.4, 0.5) is 17.1 Å². The minimum atomic E-state index is 0.524. The fourth-order valence-electron chi connectivity index (χ4n) is 2.66. The highest BCUT2D eigenvalue weighted by atomic mass is 35.5. The molecule has 0 fully saturated rings. The number of halogens is 1. The van der Waals surface area contributed by atoms with Crippen molar-refractivity contribution < 1.29 is 0 Å². The normalized spacial score (nSPS) is 10.6. The average molecular weight is 322 g/mol. The predicted molar refractivity (Wildman–Crippen MR) is 100 cm³/mol. The van der Waals surface area contributed by atoms with E-state index in [0.29, 0.717) is 5.88 Å². The van der Waals surface area contributed by atoms with E-state index >= 15 is 0 Å². The van der Waals surface area contributed by atoms with Gasteiger partial charge < -0.3 is 4.90 Å². The Morgan fingerprint density at radius 3 is 2.00 bits per heavy atom. The molecule has 0 aliphatic rings. The maximum atomic E-state index is 6.10. The molecule has 0 saturated heterocycles. The molecule has 0 aliphatic carbocycles. The first-order valence-electron chi connectivity index (χ1n) is 7.76. The van der Waals surface area contributed by atoms with Gasteiger partial charge in [-0.05, 0) is 61.4 Å². The van der Waals surface area contributed by atoms with Crippen molar-refractivity contribution in [2.75, 3.05) is 4.90 Å². The number of rotatable bonds is 4. The fraction of sp³-hybridized carbons (Fsp3) is 0.143. The SMILES string of the molecule is Cc1ccc(N(c2ccccc2)c2ccc(C)c(CCl)c2)cc1. The fourth-order valence-corrected chi connectivity index (χ4v) is 2.95. The van der Waals surface area contributed by atoms with Crippen LogP contribution >= 0.6 is 11.6 Å². The maximum absolute atomic E-state index is 6.10. The molecule has 0 radical (unpaired) electrons. The first kappa shape index (κ1) is 15.6. The Labute approximate surface area is 143 Å². The van der Waals surface area contributed by atoms with Gasteiger partial charge in [0.2, 0.25) is 0 Å². The Morgan fingerprint density at radius 2 is 1.35 bits per heavy atom. The molecule has 0 aromatic heterocycles. The molecule has 0 unspecified atom stereocenters. The van der Waals surface area contributed by atoms with Crippen molar-refractivity contribution in [2.45, 2.75) is 19.7 Å². The van der Waals surface area contributed by atoms with Crippen LogP contribution in [0.2, 0.25) is 0 Å². The van der Waals surface area contributed by atoms with Crippen LogP contribution in [0.25, 0.3) is 0 Å². The lowest BCUT2D eigenvalue weighted by atomic mass is 10.1. The zero-order valence-corrected chi connectivity index (χ0v) is 14.2. The first-order valence-corrected chi connectivity index (χ1v) is 8.30. The van der Waals surface area contributed by atoms with Crippen molar-refractivity contribution in [1.82, 2.24) is 0 Å². The van der Waals surface area contributed by atoms with E-state index in [1.165, 1.54) is 11.1 Å². The summed E-state index contributed by atoms with van der Waals surface area (Å²) in [6.07, 6.45) is 0. The molecule has 23 heavy (non-hydrogen) atoms. The Morgan fingerprint density at radius 1 is 0.739 bits per heavy atom. The minimum Gasteiger partial charge on any atom is -0.310 e. The van der Waals surface area contributed by atoms with Gasteiger partial charge in [0.25, 0.3) is 0 Å². The molecule has 3 rings (SSSR count). The average Bonchev–Trinajstić information content (AvgIpc) is 2.59. The smallest absolute Gasteiger partial charge is 0.0477 e. The highest BCUT2D eigenvalue weighted by molar-refractivity contribution is 6.17. The summed E-state index contributed by atoms with van der Waals surface area (Å²) in [7, 11) is 0. The van der Waals surface area contributed by atoms with E-state index in [9.17, 15) is 0 Å². The highest BCUT2D eigenvalue weighted by Gasteiger charge is 2.13. The molecule has 1 nitrogen and oxygen atoms in total. The van der Waals surface area contributed by atoms with Crippen LogP contribution in [-0.4, -0.2) is 0 Å². The number of nitrogens with zero attached hydrogens (tertiary/aromatic N) is 1. The number of aryl methyl sites for hydroxylation is 2. The van der Waals surface area contributed by atoms with Gasteiger partial charge in [-0.2, -0.15) is 0 Å². The van der Waals surface area contributed by atoms with Gasteiger partial charge in [0.15, 0.2) is 0 Å². The summed E-state index contributed by atoms with van der Waals surface area (Å²) < 4.78 is 0. The first-order chi connectivity index (χ1) is 11.2. The van der Waals surface area contributed by atoms with Crippen molar-refractivity contribution in [3.8, 4) is 0 Å². The lowest BCUT2D eigenvalue weighted by Crippen LogP contribution is -2.10. The summed E-state index contributed by atoms with van der Waals surface area (Å²) in [4.78, 5) is 2.26. The molecule has 0 spiro atoms. The summed E-state index contributed by atoms with van der Waals surface area (Å²) in [6.45, 7) is 4.20. The molecule has 2 heteroatoms. The lowest BCUT2D eigenvalue weighted by molar-refractivity contribution is 1.23. The van der Waals surface area contributed by atoms with E-state index in [1.54, 1.807) is 0 Å². The molecule has 0 atom stereocenters. The Balaban J connectivity index is 2.14. The summed E-state index contributed by atoms with van der Waals surface area (Å²) >= 11 is 6.10. The van der Waals surface area contributed by atoms with Gasteiger partial charge in [-0.25, -0.2) is 0 Å². The largest absolute Gasteiger partial charge is 0.310 e. The van der Waals surface area contributed by atoms with E-state index in [0.717, 1.165) is 22.6 Å². The van der Waals surface area contributed by atoms with Gasteiger partial charge in [0.05, 0.1) is 0 Å². The van der Waals surface area contributed by atoms with Crippen LogP contribution in [0.3, 0.4) is 0 Å². The number of alkyl halides is 1. The van der Waals surface area contributed by atoms with Crippen molar-refractivity contribution in [2.24, 2.45) is 0 Å². The van der Waals surface area contributed by atoms with Gasteiger partial charge in [-0.3, -0.25) is 0 Å². The molecular weight excluding hydrogens is 302 g/mol. The van der Waals surface area contributed by atoms with Crippen molar-refractivity contribution in [3.63, 3.8) is 0 Å². The summed E-state index contributed by atoms with van der Waals surface area (Å²) in [6, 6.07) is 25.5. The van der Waals surface area contributed by atoms with Crippen LogP contribution in [-0.2, 0) is 5.88 Å². The third-order valence-electron chi connectivity index (χ3n) is 4.04. The number of hydrogen-bond donors (Lipinski definition) is 0. The molecule has 3 aromatic rings. The van der Waals surface area contributed by atoms with Crippen molar-refractivity contribution in [1.29, 1.82) is 0 Å². The zero-order valence-electron chi connectivity index (χ0n) is 13.5. The highest BCUT2D eigenvalue weighted by Crippen LogP contribution is 2.35. The second-order valence-corrected chi connectivity index (χ2v) is 6.02. The molecule has 3 aromatic carbocycles. The van der Waals surface area contributed by atoms with Gasteiger partial charge in [0, 0.05) is 22.9 Å². The quantitative estimate of drug-likeness (QED) is 0.495. The van der Waals surface area contributed by atoms with E-state index in [1.807, 2.05) is 6.07 Å². The van der Waals surface area contributed by atoms with Crippen LogP contribution in [0, 0.1) is 13.8 Å². The Bertz CT molecular complexity index is 779. The Hall–Kier alpha value is -2.25. The van der Waals surface area contributed by atoms with E-state index in [2.05, 4.69) is 85.5 Å². The molecule has 0 bridgehead atoms. The lowest BCUT2D eigenvalue weighted by Gasteiger charge is -2.26. The third-order valence-corrected chi connectivity index (χ3v) is 4.33. The molecule has 0 amide bonds. The second-order valence-electron chi connectivity index (χ2n) is 5.75. The molecular formula is C21H20ClN. The van der Waals surface area contributed by atoms with Crippen molar-refractivity contribution >= 4 is 28.7 Å². The third kappa shape index (κ3) is 3.40. The number of hydrogen-bond acceptors (Lipinski definition) is 1. The summed E-state index contributed by atoms with van der Waals surface area (Å²) in [5, 5.41) is 0. The van der Waals surface area contributed by atoms with E-state index < -0.39 is 0 Å². The minimum absolute atomic E-state index is 0.524. The van der Waals surface area contributed by atoms with Gasteiger partial charge in [-0.1, -0.05) is 42.0 Å². The number of para-hydroxylation sites is 1. The van der Waals surface area contributed by atoms with Crippen LogP contribution in [0.1, 0.15) is 16.7 Å². The van der Waals surface area contributed by atoms with Crippen LogP contribution < -0.4 is 4.90 Å². The van der Waals surface area contributed by atoms with Gasteiger partial charge >= 0.3 is 0 Å². The van der Waals surface area contributed by atoms with Crippen LogP contribution in [0.5, 0.6) is 0 Å².